The zero-order valence-electron chi connectivity index (χ0n) is 11.7. The maximum absolute atomic E-state index is 12.4. The highest BCUT2D eigenvalue weighted by atomic mass is 79.9. The van der Waals surface area contributed by atoms with Gasteiger partial charge in [-0.2, -0.15) is 0 Å². The molecule has 0 bridgehead atoms. The molecule has 0 spiro atoms. The van der Waals surface area contributed by atoms with Crippen LogP contribution in [0.5, 0.6) is 0 Å². The fraction of sp³-hybridized carbons (Fsp3) is 0.500. The van der Waals surface area contributed by atoms with Gasteiger partial charge in [0.1, 0.15) is 0 Å². The van der Waals surface area contributed by atoms with Gasteiger partial charge in [0.2, 0.25) is 10.0 Å². The molecule has 1 rings (SSSR count). The monoisotopic (exact) mass is 380 g/mol. The van der Waals surface area contributed by atoms with Crippen LogP contribution in [0.25, 0.3) is 0 Å². The second-order valence-electron chi connectivity index (χ2n) is 4.86. The molecule has 0 saturated carbocycles. The normalized spacial score (nSPS) is 14.7. The topological polar surface area (TPSA) is 110 Å². The highest BCUT2D eigenvalue weighted by molar-refractivity contribution is 9.10. The number of nitro benzene ring substituents is 1. The van der Waals surface area contributed by atoms with E-state index >= 15 is 0 Å². The van der Waals surface area contributed by atoms with Crippen molar-refractivity contribution in [1.29, 1.82) is 0 Å². The van der Waals surface area contributed by atoms with Gasteiger partial charge in [0, 0.05) is 22.7 Å². The lowest BCUT2D eigenvalue weighted by Crippen LogP contribution is -2.46. The number of nitrogens with zero attached hydrogens (tertiary/aromatic N) is 1. The van der Waals surface area contributed by atoms with Crippen LogP contribution in [-0.2, 0) is 10.0 Å². The van der Waals surface area contributed by atoms with E-state index in [0.29, 0.717) is 10.9 Å². The Kier molecular flexibility index (Phi) is 5.85. The van der Waals surface area contributed by atoms with Gasteiger partial charge in [0.15, 0.2) is 4.90 Å². The van der Waals surface area contributed by atoms with Gasteiger partial charge in [-0.15, -0.1) is 0 Å². The van der Waals surface area contributed by atoms with Gasteiger partial charge in [-0.25, -0.2) is 13.1 Å². The number of hydrogen-bond donors (Lipinski definition) is 2. The Morgan fingerprint density at radius 2 is 2.10 bits per heavy atom. The van der Waals surface area contributed by atoms with Gasteiger partial charge in [0.25, 0.3) is 5.69 Å². The SMILES string of the molecule is CCC(C)(CCO)NS(=O)(=O)c1cc(Br)ccc1[N+](=O)[O-]. The maximum Gasteiger partial charge on any atom is 0.289 e. The molecule has 0 heterocycles. The Labute approximate surface area is 131 Å². The van der Waals surface area contributed by atoms with E-state index in [0.717, 1.165) is 6.07 Å². The standard InChI is InChI=1S/C12H17BrN2O5S/c1-3-12(2,6-7-16)14-21(19,20)11-8-9(13)4-5-10(11)15(17)18/h4-5,8,14,16H,3,6-7H2,1-2H3. The lowest BCUT2D eigenvalue weighted by atomic mass is 9.97. The van der Waals surface area contributed by atoms with Crippen LogP contribution in [0.3, 0.4) is 0 Å². The van der Waals surface area contributed by atoms with Crippen molar-refractivity contribution in [1.82, 2.24) is 4.72 Å². The van der Waals surface area contributed by atoms with E-state index in [2.05, 4.69) is 20.7 Å². The number of aliphatic hydroxyl groups excluding tert-OH is 1. The van der Waals surface area contributed by atoms with Crippen molar-refractivity contribution in [3.63, 3.8) is 0 Å². The predicted octanol–water partition coefficient (Wildman–Crippen LogP) is 2.19. The molecule has 9 heteroatoms. The Morgan fingerprint density at radius 3 is 2.57 bits per heavy atom. The number of hydrogen-bond acceptors (Lipinski definition) is 5. The van der Waals surface area contributed by atoms with E-state index in [4.69, 9.17) is 5.11 Å². The molecule has 0 aliphatic heterocycles. The lowest BCUT2D eigenvalue weighted by Gasteiger charge is -2.28. The zero-order valence-corrected chi connectivity index (χ0v) is 14.1. The summed E-state index contributed by atoms with van der Waals surface area (Å²) in [6, 6.07) is 3.73. The lowest BCUT2D eigenvalue weighted by molar-refractivity contribution is -0.387. The predicted molar refractivity (Wildman–Crippen MR) is 81.5 cm³/mol. The molecule has 118 valence electrons. The van der Waals surface area contributed by atoms with E-state index < -0.39 is 31.1 Å². The molecule has 1 aromatic carbocycles. The molecular formula is C12H17BrN2O5S. The summed E-state index contributed by atoms with van der Waals surface area (Å²) in [6.45, 7) is 3.23. The molecule has 0 radical (unpaired) electrons. The van der Waals surface area contributed by atoms with Crippen molar-refractivity contribution < 1.29 is 18.4 Å². The van der Waals surface area contributed by atoms with Crippen LogP contribution in [0.2, 0.25) is 0 Å². The summed E-state index contributed by atoms with van der Waals surface area (Å²) in [4.78, 5) is 9.86. The van der Waals surface area contributed by atoms with Crippen LogP contribution in [0.4, 0.5) is 5.69 Å². The maximum atomic E-state index is 12.4. The Balaban J connectivity index is 3.31. The molecule has 1 aromatic rings. The minimum atomic E-state index is -4.08. The summed E-state index contributed by atoms with van der Waals surface area (Å²) in [7, 11) is -4.08. The fourth-order valence-corrected chi connectivity index (χ4v) is 4.00. The number of aliphatic hydroxyl groups is 1. The number of benzene rings is 1. The number of nitrogens with one attached hydrogen (secondary N) is 1. The van der Waals surface area contributed by atoms with Crippen LogP contribution in [0.1, 0.15) is 26.7 Å². The third kappa shape index (κ3) is 4.47. The Morgan fingerprint density at radius 1 is 1.48 bits per heavy atom. The van der Waals surface area contributed by atoms with Crippen LogP contribution in [-0.4, -0.2) is 30.6 Å². The van der Waals surface area contributed by atoms with Gasteiger partial charge in [0.05, 0.1) is 4.92 Å². The molecular weight excluding hydrogens is 364 g/mol. The van der Waals surface area contributed by atoms with Gasteiger partial charge in [-0.05, 0) is 31.9 Å². The Bertz CT molecular complexity index is 635. The minimum absolute atomic E-state index is 0.187. The minimum Gasteiger partial charge on any atom is -0.396 e. The van der Waals surface area contributed by atoms with Gasteiger partial charge in [-0.1, -0.05) is 22.9 Å². The third-order valence-electron chi connectivity index (χ3n) is 3.23. The van der Waals surface area contributed by atoms with E-state index in [-0.39, 0.29) is 13.0 Å². The molecule has 0 aliphatic carbocycles. The first-order valence-electron chi connectivity index (χ1n) is 6.24. The number of rotatable bonds is 7. The number of halogens is 1. The van der Waals surface area contributed by atoms with Crippen molar-refractivity contribution >= 4 is 31.6 Å². The second kappa shape index (κ2) is 6.82. The highest BCUT2D eigenvalue weighted by Crippen LogP contribution is 2.29. The molecule has 0 aromatic heterocycles. The molecule has 0 aliphatic rings. The quantitative estimate of drug-likeness (QED) is 0.556. The highest BCUT2D eigenvalue weighted by Gasteiger charge is 2.33. The van der Waals surface area contributed by atoms with E-state index in [1.165, 1.54) is 12.1 Å². The smallest absolute Gasteiger partial charge is 0.289 e. The first-order valence-corrected chi connectivity index (χ1v) is 8.51. The first kappa shape index (κ1) is 18.0. The number of nitro groups is 1. The summed E-state index contributed by atoms with van der Waals surface area (Å²) in [6.07, 6.45) is 0.652. The van der Waals surface area contributed by atoms with Crippen molar-refractivity contribution in [3.05, 3.63) is 32.8 Å². The van der Waals surface area contributed by atoms with Crippen LogP contribution >= 0.6 is 15.9 Å². The van der Waals surface area contributed by atoms with Crippen LogP contribution < -0.4 is 4.72 Å². The molecule has 7 nitrogen and oxygen atoms in total. The van der Waals surface area contributed by atoms with Crippen molar-refractivity contribution in [2.45, 2.75) is 37.1 Å². The fourth-order valence-electron chi connectivity index (χ4n) is 1.78. The van der Waals surface area contributed by atoms with E-state index in [1.54, 1.807) is 13.8 Å². The summed E-state index contributed by atoms with van der Waals surface area (Å²) in [5.74, 6) is 0. The molecule has 21 heavy (non-hydrogen) atoms. The van der Waals surface area contributed by atoms with Gasteiger partial charge in [-0.3, -0.25) is 10.1 Å². The van der Waals surface area contributed by atoms with Gasteiger partial charge >= 0.3 is 0 Å². The zero-order chi connectivity index (χ0) is 16.3. The summed E-state index contributed by atoms with van der Waals surface area (Å²) in [5.41, 5.74) is -1.36. The number of sulfonamides is 1. The van der Waals surface area contributed by atoms with Gasteiger partial charge < -0.3 is 5.11 Å². The third-order valence-corrected chi connectivity index (χ3v) is 5.39. The average molecular weight is 381 g/mol. The summed E-state index contributed by atoms with van der Waals surface area (Å²) >= 11 is 3.11. The summed E-state index contributed by atoms with van der Waals surface area (Å²) in [5, 5.41) is 20.0. The molecule has 1 unspecified atom stereocenters. The molecule has 0 saturated heterocycles. The van der Waals surface area contributed by atoms with Crippen LogP contribution in [0, 0.1) is 10.1 Å². The molecule has 0 amide bonds. The average Bonchev–Trinajstić information content (AvgIpc) is 2.38. The molecule has 0 fully saturated rings. The second-order valence-corrected chi connectivity index (χ2v) is 7.43. The van der Waals surface area contributed by atoms with Crippen molar-refractivity contribution in [2.24, 2.45) is 0 Å². The largest absolute Gasteiger partial charge is 0.396 e. The van der Waals surface area contributed by atoms with E-state index in [9.17, 15) is 18.5 Å². The first-order chi connectivity index (χ1) is 9.65. The Hall–Kier alpha value is -1.03. The van der Waals surface area contributed by atoms with Crippen molar-refractivity contribution in [2.75, 3.05) is 6.61 Å². The summed E-state index contributed by atoms with van der Waals surface area (Å²) < 4.78 is 27.8. The van der Waals surface area contributed by atoms with E-state index in [1.807, 2.05) is 0 Å². The molecule has 2 N–H and O–H groups in total. The van der Waals surface area contributed by atoms with Crippen LogP contribution in [0.15, 0.2) is 27.6 Å². The molecule has 1 atom stereocenters. The van der Waals surface area contributed by atoms with Crippen molar-refractivity contribution in [3.8, 4) is 0 Å².